The van der Waals surface area contributed by atoms with Crippen molar-refractivity contribution in [2.24, 2.45) is 0 Å². The summed E-state index contributed by atoms with van der Waals surface area (Å²) in [5.41, 5.74) is 4.14. The van der Waals surface area contributed by atoms with Crippen LogP contribution >= 0.6 is 0 Å². The zero-order valence-corrected chi connectivity index (χ0v) is 10.7. The Morgan fingerprint density at radius 3 is 2.22 bits per heavy atom. The van der Waals surface area contributed by atoms with Gasteiger partial charge < -0.3 is 5.32 Å². The maximum absolute atomic E-state index is 11.9. The van der Waals surface area contributed by atoms with E-state index in [0.29, 0.717) is 6.54 Å². The first-order valence-electron chi connectivity index (χ1n) is 6.05. The Kier molecular flexibility index (Phi) is 3.78. The number of benzene rings is 2. The molecule has 0 fully saturated rings. The lowest BCUT2D eigenvalue weighted by molar-refractivity contribution is 0.101. The summed E-state index contributed by atoms with van der Waals surface area (Å²) in [6.45, 7) is 4.43. The number of carbonyl (C=O) groups excluding carboxylic acids is 1. The molecule has 2 heteroatoms. The van der Waals surface area contributed by atoms with Crippen molar-refractivity contribution >= 4 is 11.5 Å². The van der Waals surface area contributed by atoms with Gasteiger partial charge in [0.25, 0.3) is 0 Å². The molecule has 0 unspecified atom stereocenters. The van der Waals surface area contributed by atoms with E-state index >= 15 is 0 Å². The Bertz CT molecular complexity index is 526. The third-order valence-electron chi connectivity index (χ3n) is 2.77. The molecule has 0 spiro atoms. The summed E-state index contributed by atoms with van der Waals surface area (Å²) in [4.78, 5) is 11.9. The van der Waals surface area contributed by atoms with Crippen LogP contribution in [0.4, 0.5) is 5.69 Å². The molecule has 0 heterocycles. The Labute approximate surface area is 108 Å². The first-order chi connectivity index (χ1) is 8.65. The van der Waals surface area contributed by atoms with Crippen LogP contribution in [-0.4, -0.2) is 12.3 Å². The van der Waals surface area contributed by atoms with Crippen molar-refractivity contribution in [3.8, 4) is 0 Å². The van der Waals surface area contributed by atoms with Crippen LogP contribution in [0.2, 0.25) is 0 Å². The number of aryl methyl sites for hydroxylation is 2. The Balaban J connectivity index is 2.02. The third kappa shape index (κ3) is 3.20. The number of hydrogen-bond donors (Lipinski definition) is 1. The number of Topliss-reactive ketones (excluding diaryl/α,β-unsaturated/α-hetero) is 1. The second-order valence-electron chi connectivity index (χ2n) is 4.52. The molecule has 18 heavy (non-hydrogen) atoms. The van der Waals surface area contributed by atoms with E-state index in [0.717, 1.165) is 11.3 Å². The molecule has 0 amide bonds. The summed E-state index contributed by atoms with van der Waals surface area (Å²) >= 11 is 0. The molecule has 0 aliphatic carbocycles. The molecule has 1 N–H and O–H groups in total. The van der Waals surface area contributed by atoms with E-state index in [1.165, 1.54) is 11.1 Å². The maximum atomic E-state index is 11.9. The molecule has 92 valence electrons. The van der Waals surface area contributed by atoms with E-state index in [-0.39, 0.29) is 5.78 Å². The summed E-state index contributed by atoms with van der Waals surface area (Å²) in [5.74, 6) is 0.106. The van der Waals surface area contributed by atoms with Crippen molar-refractivity contribution in [3.63, 3.8) is 0 Å². The molecule has 2 aromatic carbocycles. The van der Waals surface area contributed by atoms with Crippen LogP contribution in [0.1, 0.15) is 21.5 Å². The summed E-state index contributed by atoms with van der Waals surface area (Å²) in [7, 11) is 0. The monoisotopic (exact) mass is 239 g/mol. The van der Waals surface area contributed by atoms with E-state index in [1.54, 1.807) is 0 Å². The summed E-state index contributed by atoms with van der Waals surface area (Å²) < 4.78 is 0. The van der Waals surface area contributed by atoms with Crippen molar-refractivity contribution in [1.82, 2.24) is 0 Å². The minimum Gasteiger partial charge on any atom is -0.378 e. The van der Waals surface area contributed by atoms with Gasteiger partial charge in [0.2, 0.25) is 0 Å². The van der Waals surface area contributed by atoms with Crippen molar-refractivity contribution in [3.05, 3.63) is 65.2 Å². The molecule has 0 aliphatic rings. The molecule has 2 aromatic rings. The molecule has 0 radical (unpaired) electrons. The van der Waals surface area contributed by atoms with Crippen LogP contribution in [0, 0.1) is 13.8 Å². The van der Waals surface area contributed by atoms with Crippen molar-refractivity contribution in [2.45, 2.75) is 13.8 Å². The fourth-order valence-corrected chi connectivity index (χ4v) is 1.99. The highest BCUT2D eigenvalue weighted by atomic mass is 16.1. The molecular weight excluding hydrogens is 222 g/mol. The van der Waals surface area contributed by atoms with Gasteiger partial charge in [-0.3, -0.25) is 4.79 Å². The number of nitrogens with one attached hydrogen (secondary N) is 1. The normalized spacial score (nSPS) is 10.1. The van der Waals surface area contributed by atoms with E-state index in [1.807, 2.05) is 42.5 Å². The van der Waals surface area contributed by atoms with E-state index in [4.69, 9.17) is 0 Å². The first kappa shape index (κ1) is 12.4. The number of anilines is 1. The molecule has 0 saturated heterocycles. The largest absolute Gasteiger partial charge is 0.378 e. The molecular formula is C16H17NO. The van der Waals surface area contributed by atoms with E-state index < -0.39 is 0 Å². The Hall–Kier alpha value is -2.09. The van der Waals surface area contributed by atoms with Crippen molar-refractivity contribution in [1.29, 1.82) is 0 Å². The molecule has 0 aliphatic heterocycles. The van der Waals surface area contributed by atoms with Gasteiger partial charge in [0.15, 0.2) is 5.78 Å². The topological polar surface area (TPSA) is 29.1 Å². The standard InChI is InChI=1S/C16H17NO/c1-12-8-13(2)10-15(9-12)17-11-16(18)14-6-4-3-5-7-14/h3-10,17H,11H2,1-2H3. The summed E-state index contributed by atoms with van der Waals surface area (Å²) in [6.07, 6.45) is 0. The first-order valence-corrected chi connectivity index (χ1v) is 6.05. The van der Waals surface area contributed by atoms with Gasteiger partial charge in [-0.05, 0) is 37.1 Å². The fourth-order valence-electron chi connectivity index (χ4n) is 1.99. The predicted molar refractivity (Wildman–Crippen MR) is 75.2 cm³/mol. The number of ketones is 1. The number of rotatable bonds is 4. The van der Waals surface area contributed by atoms with Crippen LogP contribution in [0.5, 0.6) is 0 Å². The van der Waals surface area contributed by atoms with E-state index in [2.05, 4.69) is 25.2 Å². The maximum Gasteiger partial charge on any atom is 0.181 e. The molecule has 0 aromatic heterocycles. The summed E-state index contributed by atoms with van der Waals surface area (Å²) in [6, 6.07) is 15.6. The smallest absolute Gasteiger partial charge is 0.181 e. The number of hydrogen-bond acceptors (Lipinski definition) is 2. The van der Waals surface area contributed by atoms with Gasteiger partial charge in [0, 0.05) is 11.3 Å². The average molecular weight is 239 g/mol. The van der Waals surface area contributed by atoms with Gasteiger partial charge in [0.1, 0.15) is 0 Å². The van der Waals surface area contributed by atoms with Gasteiger partial charge >= 0.3 is 0 Å². The summed E-state index contributed by atoms with van der Waals surface area (Å²) in [5, 5.41) is 3.18. The van der Waals surface area contributed by atoms with Gasteiger partial charge in [0.05, 0.1) is 6.54 Å². The van der Waals surface area contributed by atoms with Crippen LogP contribution in [-0.2, 0) is 0 Å². The Morgan fingerprint density at radius 1 is 1.00 bits per heavy atom. The fraction of sp³-hybridized carbons (Fsp3) is 0.188. The molecule has 0 atom stereocenters. The van der Waals surface area contributed by atoms with E-state index in [9.17, 15) is 4.79 Å². The van der Waals surface area contributed by atoms with Crippen LogP contribution < -0.4 is 5.32 Å². The predicted octanol–water partition coefficient (Wildman–Crippen LogP) is 3.60. The zero-order valence-electron chi connectivity index (χ0n) is 10.7. The van der Waals surface area contributed by atoms with Gasteiger partial charge in [-0.1, -0.05) is 36.4 Å². The van der Waals surface area contributed by atoms with Crippen molar-refractivity contribution < 1.29 is 4.79 Å². The van der Waals surface area contributed by atoms with Crippen LogP contribution in [0.3, 0.4) is 0 Å². The second-order valence-corrected chi connectivity index (χ2v) is 4.52. The zero-order chi connectivity index (χ0) is 13.0. The third-order valence-corrected chi connectivity index (χ3v) is 2.77. The highest BCUT2D eigenvalue weighted by Gasteiger charge is 2.04. The van der Waals surface area contributed by atoms with Crippen LogP contribution in [0.25, 0.3) is 0 Å². The Morgan fingerprint density at radius 2 is 1.61 bits per heavy atom. The lowest BCUT2D eigenvalue weighted by Gasteiger charge is -2.08. The highest BCUT2D eigenvalue weighted by molar-refractivity contribution is 5.98. The molecule has 2 rings (SSSR count). The lowest BCUT2D eigenvalue weighted by atomic mass is 10.1. The van der Waals surface area contributed by atoms with Crippen molar-refractivity contribution in [2.75, 3.05) is 11.9 Å². The quantitative estimate of drug-likeness (QED) is 0.826. The van der Waals surface area contributed by atoms with Gasteiger partial charge in [-0.25, -0.2) is 0 Å². The minimum absolute atomic E-state index is 0.106. The second kappa shape index (κ2) is 5.50. The van der Waals surface area contributed by atoms with Crippen LogP contribution in [0.15, 0.2) is 48.5 Å². The molecule has 0 bridgehead atoms. The molecule has 2 nitrogen and oxygen atoms in total. The molecule has 0 saturated carbocycles. The highest BCUT2D eigenvalue weighted by Crippen LogP contribution is 2.13. The number of carbonyl (C=O) groups is 1. The van der Waals surface area contributed by atoms with Gasteiger partial charge in [-0.15, -0.1) is 0 Å². The lowest BCUT2D eigenvalue weighted by Crippen LogP contribution is -2.13. The SMILES string of the molecule is Cc1cc(C)cc(NCC(=O)c2ccccc2)c1. The minimum atomic E-state index is 0.106. The van der Waals surface area contributed by atoms with Gasteiger partial charge in [-0.2, -0.15) is 0 Å². The average Bonchev–Trinajstić information content (AvgIpc) is 2.36.